The van der Waals surface area contributed by atoms with Crippen LogP contribution in [0.2, 0.25) is 0 Å². The largest absolute Gasteiger partial charge is 0.381 e. The Morgan fingerprint density at radius 2 is 1.77 bits per heavy atom. The van der Waals surface area contributed by atoms with Crippen molar-refractivity contribution < 1.29 is 4.74 Å². The molecule has 6 heteroatoms. The second kappa shape index (κ2) is 9.92. The van der Waals surface area contributed by atoms with Gasteiger partial charge in [0.1, 0.15) is 0 Å². The number of piperidine rings is 1. The second-order valence-corrected chi connectivity index (χ2v) is 8.74. The Morgan fingerprint density at radius 1 is 1.08 bits per heavy atom. The summed E-state index contributed by atoms with van der Waals surface area (Å²) in [6.07, 6.45) is 9.53. The van der Waals surface area contributed by atoms with Gasteiger partial charge in [-0.25, -0.2) is 0 Å². The molecule has 1 atom stereocenters. The molecule has 2 aliphatic carbocycles. The van der Waals surface area contributed by atoms with Crippen molar-refractivity contribution in [1.82, 2.24) is 15.5 Å². The van der Waals surface area contributed by atoms with E-state index >= 15 is 0 Å². The molecular weight excluding hydrogens is 439 g/mol. The monoisotopic (exact) mass is 476 g/mol. The van der Waals surface area contributed by atoms with E-state index in [-0.39, 0.29) is 24.0 Å². The number of likely N-dealkylation sites (tertiary alicyclic amines) is 1. The van der Waals surface area contributed by atoms with Crippen molar-refractivity contribution >= 4 is 29.9 Å². The topological polar surface area (TPSA) is 48.9 Å². The molecule has 4 rings (SSSR count). The lowest BCUT2D eigenvalue weighted by atomic mass is 9.98. The molecule has 0 aromatic carbocycles. The first kappa shape index (κ1) is 20.6. The maximum atomic E-state index is 5.51. The van der Waals surface area contributed by atoms with Crippen molar-refractivity contribution in [3.8, 4) is 0 Å². The predicted molar refractivity (Wildman–Crippen MR) is 117 cm³/mol. The van der Waals surface area contributed by atoms with Crippen LogP contribution in [0.1, 0.15) is 44.9 Å². The molecule has 2 N–H and O–H groups in total. The number of hydrogen-bond donors (Lipinski definition) is 2. The van der Waals surface area contributed by atoms with Gasteiger partial charge < -0.3 is 20.3 Å². The molecule has 0 spiro atoms. The normalized spacial score (nSPS) is 28.2. The molecule has 2 saturated heterocycles. The van der Waals surface area contributed by atoms with E-state index in [2.05, 4.69) is 20.5 Å². The van der Waals surface area contributed by atoms with Crippen LogP contribution in [0.15, 0.2) is 4.99 Å². The van der Waals surface area contributed by atoms with Crippen LogP contribution in [-0.2, 0) is 4.74 Å². The molecule has 2 heterocycles. The molecule has 150 valence electrons. The Hall–Kier alpha value is -0.0800. The summed E-state index contributed by atoms with van der Waals surface area (Å²) in [5.74, 6) is 4.69. The minimum absolute atomic E-state index is 0. The highest BCUT2D eigenvalue weighted by molar-refractivity contribution is 14.0. The van der Waals surface area contributed by atoms with Crippen molar-refractivity contribution in [2.75, 3.05) is 46.4 Å². The Balaban J connectivity index is 0.00000196. The molecule has 4 fully saturated rings. The van der Waals surface area contributed by atoms with Gasteiger partial charge in [-0.15, -0.1) is 24.0 Å². The van der Waals surface area contributed by atoms with Crippen LogP contribution in [-0.4, -0.2) is 63.3 Å². The number of rotatable bonds is 7. The van der Waals surface area contributed by atoms with E-state index in [9.17, 15) is 0 Å². The molecule has 2 aliphatic heterocycles. The lowest BCUT2D eigenvalue weighted by Crippen LogP contribution is -2.50. The summed E-state index contributed by atoms with van der Waals surface area (Å²) in [6, 6.07) is 0.572. The lowest BCUT2D eigenvalue weighted by molar-refractivity contribution is 0.150. The van der Waals surface area contributed by atoms with Crippen LogP contribution in [0.5, 0.6) is 0 Å². The van der Waals surface area contributed by atoms with E-state index in [1.165, 1.54) is 64.6 Å². The Labute approximate surface area is 176 Å². The van der Waals surface area contributed by atoms with Crippen LogP contribution in [0, 0.1) is 23.7 Å². The molecule has 0 amide bonds. The van der Waals surface area contributed by atoms with Gasteiger partial charge in [0.15, 0.2) is 5.96 Å². The molecule has 0 radical (unpaired) electrons. The minimum Gasteiger partial charge on any atom is -0.381 e. The van der Waals surface area contributed by atoms with Crippen molar-refractivity contribution in [3.63, 3.8) is 0 Å². The van der Waals surface area contributed by atoms with Gasteiger partial charge in [-0.2, -0.15) is 0 Å². The fraction of sp³-hybridized carbons (Fsp3) is 0.950. The standard InChI is InChI=1S/C20H36N4O.HI/c1-21-20(22-12-19(16-2-3-16)17-4-5-17)23-18-6-9-24(10-7-18)13-15-8-11-25-14-15;/h15-19H,2-14H2,1H3,(H2,21,22,23);1H. The molecule has 0 bridgehead atoms. The van der Waals surface area contributed by atoms with Crippen molar-refractivity contribution in [1.29, 1.82) is 0 Å². The van der Waals surface area contributed by atoms with E-state index in [1.54, 1.807) is 0 Å². The van der Waals surface area contributed by atoms with E-state index in [1.807, 2.05) is 7.05 Å². The second-order valence-electron chi connectivity index (χ2n) is 8.74. The zero-order valence-electron chi connectivity index (χ0n) is 16.3. The molecule has 1 unspecified atom stereocenters. The summed E-state index contributed by atoms with van der Waals surface area (Å²) in [5, 5.41) is 7.32. The van der Waals surface area contributed by atoms with Crippen LogP contribution in [0.25, 0.3) is 0 Å². The number of nitrogens with one attached hydrogen (secondary N) is 2. The predicted octanol–water partition coefficient (Wildman–Crippen LogP) is 2.71. The maximum Gasteiger partial charge on any atom is 0.191 e. The quantitative estimate of drug-likeness (QED) is 0.337. The first-order chi connectivity index (χ1) is 12.3. The third kappa shape index (κ3) is 5.96. The average Bonchev–Trinajstić information content (AvgIpc) is 3.57. The Morgan fingerprint density at radius 3 is 2.31 bits per heavy atom. The van der Waals surface area contributed by atoms with Gasteiger partial charge in [-0.3, -0.25) is 4.99 Å². The fourth-order valence-electron chi connectivity index (χ4n) is 4.72. The summed E-state index contributed by atoms with van der Waals surface area (Å²) in [4.78, 5) is 7.11. The van der Waals surface area contributed by atoms with E-state index < -0.39 is 0 Å². The third-order valence-corrected chi connectivity index (χ3v) is 6.65. The van der Waals surface area contributed by atoms with E-state index in [0.29, 0.717) is 6.04 Å². The van der Waals surface area contributed by atoms with Gasteiger partial charge in [0.05, 0.1) is 6.61 Å². The molecule has 4 aliphatic rings. The Bertz CT molecular complexity index is 441. The molecule has 5 nitrogen and oxygen atoms in total. The minimum atomic E-state index is 0. The van der Waals surface area contributed by atoms with Crippen molar-refractivity contribution in [3.05, 3.63) is 0 Å². The third-order valence-electron chi connectivity index (χ3n) is 6.65. The summed E-state index contributed by atoms with van der Waals surface area (Å²) < 4.78 is 5.51. The first-order valence-corrected chi connectivity index (χ1v) is 10.6. The smallest absolute Gasteiger partial charge is 0.191 e. The maximum absolute atomic E-state index is 5.51. The van der Waals surface area contributed by atoms with Gasteiger partial charge >= 0.3 is 0 Å². The summed E-state index contributed by atoms with van der Waals surface area (Å²) in [5.41, 5.74) is 0. The van der Waals surface area contributed by atoms with Gasteiger partial charge in [0.2, 0.25) is 0 Å². The van der Waals surface area contributed by atoms with Gasteiger partial charge in [-0.1, -0.05) is 0 Å². The molecule has 0 aromatic rings. The van der Waals surface area contributed by atoms with E-state index in [0.717, 1.165) is 49.4 Å². The molecular formula is C20H37IN4O. The van der Waals surface area contributed by atoms with Crippen molar-refractivity contribution in [2.45, 2.75) is 51.0 Å². The molecule has 26 heavy (non-hydrogen) atoms. The van der Waals surface area contributed by atoms with Gasteiger partial charge in [0, 0.05) is 45.9 Å². The summed E-state index contributed by atoms with van der Waals surface area (Å²) in [6.45, 7) is 6.70. The number of guanidine groups is 1. The molecule has 0 aromatic heterocycles. The number of hydrogen-bond acceptors (Lipinski definition) is 3. The highest BCUT2D eigenvalue weighted by atomic mass is 127. The van der Waals surface area contributed by atoms with Crippen LogP contribution in [0.4, 0.5) is 0 Å². The van der Waals surface area contributed by atoms with Gasteiger partial charge in [0.25, 0.3) is 0 Å². The first-order valence-electron chi connectivity index (χ1n) is 10.6. The lowest BCUT2D eigenvalue weighted by Gasteiger charge is -2.34. The van der Waals surface area contributed by atoms with Crippen LogP contribution in [0.3, 0.4) is 0 Å². The molecule has 2 saturated carbocycles. The highest BCUT2D eigenvalue weighted by Crippen LogP contribution is 2.48. The number of nitrogens with zero attached hydrogens (tertiary/aromatic N) is 2. The van der Waals surface area contributed by atoms with Crippen molar-refractivity contribution in [2.24, 2.45) is 28.7 Å². The fourth-order valence-corrected chi connectivity index (χ4v) is 4.72. The zero-order valence-corrected chi connectivity index (χ0v) is 18.6. The van der Waals surface area contributed by atoms with E-state index in [4.69, 9.17) is 4.74 Å². The number of halogens is 1. The number of ether oxygens (including phenoxy) is 1. The summed E-state index contributed by atoms with van der Waals surface area (Å²) >= 11 is 0. The van der Waals surface area contributed by atoms with Crippen LogP contribution < -0.4 is 10.6 Å². The van der Waals surface area contributed by atoms with Gasteiger partial charge in [-0.05, 0) is 68.6 Å². The SMILES string of the molecule is CN=C(NCC(C1CC1)C1CC1)NC1CCN(CC2CCOC2)CC1.I. The zero-order chi connectivity index (χ0) is 17.1. The average molecular weight is 476 g/mol. The number of aliphatic imine (C=N–C) groups is 1. The highest BCUT2D eigenvalue weighted by Gasteiger charge is 2.41. The Kier molecular flexibility index (Phi) is 7.88. The van der Waals surface area contributed by atoms with Crippen LogP contribution >= 0.6 is 24.0 Å². The summed E-state index contributed by atoms with van der Waals surface area (Å²) in [7, 11) is 1.91.